The number of hydrogen-bond acceptors (Lipinski definition) is 4. The van der Waals surface area contributed by atoms with E-state index in [1.165, 1.54) is 30.6 Å². The van der Waals surface area contributed by atoms with Gasteiger partial charge in [0.15, 0.2) is 0 Å². The average Bonchev–Trinajstić information content (AvgIpc) is 2.76. The first-order valence-electron chi connectivity index (χ1n) is 6.24. The SMILES string of the molecule is CCC1CCC(OC(=O)c2sccc2N)CC1. The quantitative estimate of drug-likeness (QED) is 0.839. The molecule has 1 fully saturated rings. The lowest BCUT2D eigenvalue weighted by molar-refractivity contribution is 0.0171. The van der Waals surface area contributed by atoms with Crippen molar-refractivity contribution in [2.45, 2.75) is 45.1 Å². The number of nitrogens with two attached hydrogens (primary N) is 1. The molecule has 0 unspecified atom stereocenters. The molecule has 2 rings (SSSR count). The number of rotatable bonds is 3. The van der Waals surface area contributed by atoms with Crippen LogP contribution in [0.15, 0.2) is 11.4 Å². The smallest absolute Gasteiger partial charge is 0.350 e. The summed E-state index contributed by atoms with van der Waals surface area (Å²) in [7, 11) is 0. The third-order valence-corrected chi connectivity index (χ3v) is 4.44. The molecule has 4 heteroatoms. The second kappa shape index (κ2) is 5.54. The molecule has 17 heavy (non-hydrogen) atoms. The minimum absolute atomic E-state index is 0.0896. The molecule has 0 spiro atoms. The molecule has 1 aliphatic carbocycles. The molecule has 1 aromatic rings. The van der Waals surface area contributed by atoms with E-state index in [9.17, 15) is 4.79 Å². The van der Waals surface area contributed by atoms with E-state index in [-0.39, 0.29) is 12.1 Å². The van der Waals surface area contributed by atoms with Crippen molar-refractivity contribution in [2.24, 2.45) is 5.92 Å². The lowest BCUT2D eigenvalue weighted by atomic mass is 9.86. The number of esters is 1. The highest BCUT2D eigenvalue weighted by molar-refractivity contribution is 7.12. The van der Waals surface area contributed by atoms with Crippen molar-refractivity contribution in [3.8, 4) is 0 Å². The number of hydrogen-bond donors (Lipinski definition) is 1. The summed E-state index contributed by atoms with van der Waals surface area (Å²) in [6.45, 7) is 2.23. The third kappa shape index (κ3) is 3.00. The first kappa shape index (κ1) is 12.4. The van der Waals surface area contributed by atoms with E-state index in [0.717, 1.165) is 18.8 Å². The Labute approximate surface area is 106 Å². The molecule has 0 radical (unpaired) electrons. The maximum Gasteiger partial charge on any atom is 0.350 e. The molecule has 1 aromatic heterocycles. The molecule has 1 aliphatic rings. The number of anilines is 1. The Morgan fingerprint density at radius 2 is 2.18 bits per heavy atom. The molecule has 0 aliphatic heterocycles. The topological polar surface area (TPSA) is 52.3 Å². The number of nitrogen functional groups attached to an aromatic ring is 1. The van der Waals surface area contributed by atoms with Gasteiger partial charge in [-0.25, -0.2) is 4.79 Å². The molecule has 94 valence electrons. The Balaban J connectivity index is 1.86. The van der Waals surface area contributed by atoms with Crippen LogP contribution < -0.4 is 5.73 Å². The summed E-state index contributed by atoms with van der Waals surface area (Å²) >= 11 is 1.35. The summed E-state index contributed by atoms with van der Waals surface area (Å²) in [6, 6.07) is 1.75. The van der Waals surface area contributed by atoms with Crippen LogP contribution in [0.25, 0.3) is 0 Å². The fourth-order valence-corrected chi connectivity index (χ4v) is 3.05. The molecule has 0 saturated heterocycles. The Morgan fingerprint density at radius 3 is 2.71 bits per heavy atom. The van der Waals surface area contributed by atoms with Gasteiger partial charge in [0.05, 0.1) is 5.69 Å². The lowest BCUT2D eigenvalue weighted by Gasteiger charge is -2.27. The first-order valence-corrected chi connectivity index (χ1v) is 7.12. The molecule has 0 aromatic carbocycles. The van der Waals surface area contributed by atoms with Gasteiger partial charge in [-0.1, -0.05) is 13.3 Å². The highest BCUT2D eigenvalue weighted by Crippen LogP contribution is 2.29. The minimum Gasteiger partial charge on any atom is -0.458 e. The predicted molar refractivity (Wildman–Crippen MR) is 70.2 cm³/mol. The highest BCUT2D eigenvalue weighted by atomic mass is 32.1. The van der Waals surface area contributed by atoms with Crippen molar-refractivity contribution >= 4 is 23.0 Å². The van der Waals surface area contributed by atoms with Crippen LogP contribution in [0.5, 0.6) is 0 Å². The van der Waals surface area contributed by atoms with Crippen molar-refractivity contribution in [3.63, 3.8) is 0 Å². The van der Waals surface area contributed by atoms with Gasteiger partial charge in [-0.15, -0.1) is 11.3 Å². The Kier molecular flexibility index (Phi) is 4.05. The molecule has 1 saturated carbocycles. The van der Waals surface area contributed by atoms with Crippen molar-refractivity contribution in [1.29, 1.82) is 0 Å². The molecule has 0 bridgehead atoms. The van der Waals surface area contributed by atoms with Gasteiger partial charge in [-0.3, -0.25) is 0 Å². The van der Waals surface area contributed by atoms with Gasteiger partial charge >= 0.3 is 5.97 Å². The molecule has 3 nitrogen and oxygen atoms in total. The van der Waals surface area contributed by atoms with E-state index in [2.05, 4.69) is 6.92 Å². The van der Waals surface area contributed by atoms with Gasteiger partial charge in [-0.2, -0.15) is 0 Å². The summed E-state index contributed by atoms with van der Waals surface area (Å²) in [5, 5.41) is 1.82. The van der Waals surface area contributed by atoms with Crippen molar-refractivity contribution in [2.75, 3.05) is 5.73 Å². The number of thiophene rings is 1. The summed E-state index contributed by atoms with van der Waals surface area (Å²) in [6.07, 6.45) is 5.67. The maximum atomic E-state index is 11.9. The average molecular weight is 253 g/mol. The Bertz CT molecular complexity index is 381. The summed E-state index contributed by atoms with van der Waals surface area (Å²) in [5.74, 6) is 0.564. The zero-order chi connectivity index (χ0) is 12.3. The lowest BCUT2D eigenvalue weighted by Crippen LogP contribution is -2.24. The van der Waals surface area contributed by atoms with Crippen LogP contribution in [0.4, 0.5) is 5.69 Å². The minimum atomic E-state index is -0.252. The zero-order valence-corrected chi connectivity index (χ0v) is 11.0. The zero-order valence-electron chi connectivity index (χ0n) is 10.1. The van der Waals surface area contributed by atoms with E-state index < -0.39 is 0 Å². The normalized spacial score (nSPS) is 24.5. The summed E-state index contributed by atoms with van der Waals surface area (Å²) < 4.78 is 5.50. The summed E-state index contributed by atoms with van der Waals surface area (Å²) in [5.41, 5.74) is 6.23. The van der Waals surface area contributed by atoms with Gasteiger partial charge in [-0.05, 0) is 43.0 Å². The maximum absolute atomic E-state index is 11.9. The van der Waals surface area contributed by atoms with E-state index in [1.807, 2.05) is 5.38 Å². The number of ether oxygens (including phenoxy) is 1. The molecule has 0 atom stereocenters. The van der Waals surface area contributed by atoms with Gasteiger partial charge in [0.1, 0.15) is 11.0 Å². The van der Waals surface area contributed by atoms with Gasteiger partial charge in [0.2, 0.25) is 0 Å². The van der Waals surface area contributed by atoms with Gasteiger partial charge in [0.25, 0.3) is 0 Å². The van der Waals surface area contributed by atoms with Crippen LogP contribution in [0.1, 0.15) is 48.7 Å². The van der Waals surface area contributed by atoms with Gasteiger partial charge < -0.3 is 10.5 Å². The molecular formula is C13H19NO2S. The molecule has 2 N–H and O–H groups in total. The second-order valence-corrected chi connectivity index (χ2v) is 5.58. The molecule has 1 heterocycles. The van der Waals surface area contributed by atoms with Crippen molar-refractivity contribution in [1.82, 2.24) is 0 Å². The fraction of sp³-hybridized carbons (Fsp3) is 0.615. The van der Waals surface area contributed by atoms with E-state index in [1.54, 1.807) is 6.07 Å². The first-order chi connectivity index (χ1) is 8.20. The van der Waals surface area contributed by atoms with E-state index in [0.29, 0.717) is 10.6 Å². The highest BCUT2D eigenvalue weighted by Gasteiger charge is 2.24. The standard InChI is InChI=1S/C13H19NO2S/c1-2-9-3-5-10(6-4-9)16-13(15)12-11(14)7-8-17-12/h7-10H,2-6,14H2,1H3. The van der Waals surface area contributed by atoms with Crippen molar-refractivity contribution in [3.05, 3.63) is 16.3 Å². The van der Waals surface area contributed by atoms with Crippen LogP contribution in [0.3, 0.4) is 0 Å². The Hall–Kier alpha value is -1.03. The van der Waals surface area contributed by atoms with Crippen LogP contribution in [0, 0.1) is 5.92 Å². The van der Waals surface area contributed by atoms with Gasteiger partial charge in [0, 0.05) is 0 Å². The molecular weight excluding hydrogens is 234 g/mol. The fourth-order valence-electron chi connectivity index (χ4n) is 2.35. The van der Waals surface area contributed by atoms with Crippen LogP contribution >= 0.6 is 11.3 Å². The van der Waals surface area contributed by atoms with Crippen LogP contribution in [0.2, 0.25) is 0 Å². The predicted octanol–water partition coefficient (Wildman–Crippen LogP) is 3.46. The monoisotopic (exact) mass is 253 g/mol. The second-order valence-electron chi connectivity index (χ2n) is 4.66. The van der Waals surface area contributed by atoms with Crippen molar-refractivity contribution < 1.29 is 9.53 Å². The largest absolute Gasteiger partial charge is 0.458 e. The number of carbonyl (C=O) groups excluding carboxylic acids is 1. The van der Waals surface area contributed by atoms with E-state index >= 15 is 0 Å². The number of carbonyl (C=O) groups is 1. The summed E-state index contributed by atoms with van der Waals surface area (Å²) in [4.78, 5) is 12.4. The Morgan fingerprint density at radius 1 is 1.47 bits per heavy atom. The third-order valence-electron chi connectivity index (χ3n) is 3.53. The molecule has 0 amide bonds. The van der Waals surface area contributed by atoms with Crippen LogP contribution in [-0.4, -0.2) is 12.1 Å². The van der Waals surface area contributed by atoms with E-state index in [4.69, 9.17) is 10.5 Å². The van der Waals surface area contributed by atoms with Crippen LogP contribution in [-0.2, 0) is 4.74 Å².